The van der Waals surface area contributed by atoms with Crippen LogP contribution in [0.3, 0.4) is 0 Å². The van der Waals surface area contributed by atoms with Crippen molar-refractivity contribution in [2.45, 2.75) is 30.3 Å². The fourth-order valence-corrected chi connectivity index (χ4v) is 4.34. The smallest absolute Gasteiger partial charge is 0.253 e. The summed E-state index contributed by atoms with van der Waals surface area (Å²) in [6.07, 6.45) is 4.82. The first-order valence-electron chi connectivity index (χ1n) is 7.55. The number of carbonyl (C=O) groups is 1. The van der Waals surface area contributed by atoms with Gasteiger partial charge in [0.15, 0.2) is 0 Å². The summed E-state index contributed by atoms with van der Waals surface area (Å²) in [4.78, 5) is 16.1. The van der Waals surface area contributed by atoms with Crippen LogP contribution in [0.5, 0.6) is 0 Å². The zero-order chi connectivity index (χ0) is 18.0. The number of benzene rings is 1. The monoisotopic (exact) mass is 399 g/mol. The van der Waals surface area contributed by atoms with Crippen molar-refractivity contribution >= 4 is 39.1 Å². The van der Waals surface area contributed by atoms with Crippen LogP contribution in [0, 0.1) is 0 Å². The second kappa shape index (κ2) is 7.29. The number of aromatic nitrogens is 1. The first-order chi connectivity index (χ1) is 11.9. The number of nitrogens with one attached hydrogen (secondary N) is 2. The van der Waals surface area contributed by atoms with E-state index >= 15 is 0 Å². The molecule has 1 aromatic carbocycles. The molecule has 6 nitrogen and oxygen atoms in total. The van der Waals surface area contributed by atoms with E-state index in [2.05, 4.69) is 15.0 Å². The van der Waals surface area contributed by atoms with Gasteiger partial charge in [-0.05, 0) is 42.7 Å². The van der Waals surface area contributed by atoms with Crippen LogP contribution in [0.4, 0.5) is 0 Å². The molecule has 1 aromatic heterocycles. The zero-order valence-electron chi connectivity index (χ0n) is 13.0. The van der Waals surface area contributed by atoms with Crippen LogP contribution < -0.4 is 10.0 Å². The number of hydrogen-bond donors (Lipinski definition) is 2. The maximum Gasteiger partial charge on any atom is 0.253 e. The third-order valence-corrected chi connectivity index (χ3v) is 5.96. The normalized spacial score (nSPS) is 14.3. The average Bonchev–Trinajstić information content (AvgIpc) is 3.36. The predicted octanol–water partition coefficient (Wildman–Crippen LogP) is 2.76. The lowest BCUT2D eigenvalue weighted by molar-refractivity contribution is 0.0951. The van der Waals surface area contributed by atoms with Crippen LogP contribution in [0.25, 0.3) is 0 Å². The molecule has 3 rings (SSSR count). The highest BCUT2D eigenvalue weighted by Crippen LogP contribution is 2.30. The molecule has 0 saturated heterocycles. The predicted molar refractivity (Wildman–Crippen MR) is 95.2 cm³/mol. The van der Waals surface area contributed by atoms with Crippen molar-refractivity contribution in [2.24, 2.45) is 0 Å². The highest BCUT2D eigenvalue weighted by molar-refractivity contribution is 7.89. The van der Waals surface area contributed by atoms with Gasteiger partial charge < -0.3 is 5.32 Å². The Hall–Kier alpha value is -1.67. The van der Waals surface area contributed by atoms with Crippen molar-refractivity contribution in [1.82, 2.24) is 15.0 Å². The first-order valence-corrected chi connectivity index (χ1v) is 9.79. The molecule has 2 aromatic rings. The fraction of sp³-hybridized carbons (Fsp3) is 0.250. The van der Waals surface area contributed by atoms with Crippen LogP contribution in [-0.4, -0.2) is 25.4 Å². The Balaban J connectivity index is 1.83. The Morgan fingerprint density at radius 1 is 1.16 bits per heavy atom. The maximum absolute atomic E-state index is 12.4. The van der Waals surface area contributed by atoms with Crippen LogP contribution in [0.2, 0.25) is 10.0 Å². The lowest BCUT2D eigenvalue weighted by atomic mass is 10.2. The minimum atomic E-state index is -3.80. The van der Waals surface area contributed by atoms with Crippen molar-refractivity contribution in [3.8, 4) is 0 Å². The maximum atomic E-state index is 12.4. The molecular weight excluding hydrogens is 385 g/mol. The van der Waals surface area contributed by atoms with E-state index in [1.807, 2.05) is 0 Å². The second-order valence-electron chi connectivity index (χ2n) is 5.70. The summed E-state index contributed by atoms with van der Waals surface area (Å²) >= 11 is 12.1. The molecule has 1 fully saturated rings. The number of nitrogens with zero attached hydrogens (tertiary/aromatic N) is 1. The summed E-state index contributed by atoms with van der Waals surface area (Å²) in [7, 11) is -3.80. The number of amides is 1. The third-order valence-electron chi connectivity index (χ3n) is 3.66. The van der Waals surface area contributed by atoms with Crippen molar-refractivity contribution in [3.05, 3.63) is 57.8 Å². The van der Waals surface area contributed by atoms with Gasteiger partial charge in [-0.3, -0.25) is 9.78 Å². The topological polar surface area (TPSA) is 88.2 Å². The Morgan fingerprint density at radius 3 is 2.48 bits per heavy atom. The van der Waals surface area contributed by atoms with Crippen molar-refractivity contribution in [2.75, 3.05) is 0 Å². The van der Waals surface area contributed by atoms with E-state index in [1.165, 1.54) is 12.1 Å². The summed E-state index contributed by atoms with van der Waals surface area (Å²) in [6, 6.07) is 5.93. The number of rotatable bonds is 6. The van der Waals surface area contributed by atoms with Gasteiger partial charge in [-0.2, -0.15) is 0 Å². The molecule has 1 aliphatic rings. The molecule has 1 saturated carbocycles. The Kier molecular flexibility index (Phi) is 5.29. The summed E-state index contributed by atoms with van der Waals surface area (Å²) in [6.45, 7) is 0.267. The molecule has 0 atom stereocenters. The minimum Gasteiger partial charge on any atom is -0.348 e. The van der Waals surface area contributed by atoms with E-state index in [4.69, 9.17) is 23.2 Å². The summed E-state index contributed by atoms with van der Waals surface area (Å²) in [5.41, 5.74) is 0.910. The Morgan fingerprint density at radius 2 is 1.84 bits per heavy atom. The lowest BCUT2D eigenvalue weighted by Crippen LogP contribution is -2.27. The van der Waals surface area contributed by atoms with Crippen molar-refractivity contribution in [3.63, 3.8) is 0 Å². The SMILES string of the molecule is O=C(NCc1ccncc1)c1cc(S(=O)(=O)NC2CC2)c(Cl)cc1Cl. The summed E-state index contributed by atoms with van der Waals surface area (Å²) < 4.78 is 27.3. The molecule has 132 valence electrons. The molecule has 9 heteroatoms. The van der Waals surface area contributed by atoms with Crippen LogP contribution in [-0.2, 0) is 16.6 Å². The number of hydrogen-bond acceptors (Lipinski definition) is 4. The van der Waals surface area contributed by atoms with Gasteiger partial charge in [0.05, 0.1) is 15.6 Å². The van der Waals surface area contributed by atoms with E-state index in [-0.39, 0.29) is 33.1 Å². The molecule has 1 aliphatic carbocycles. The third kappa shape index (κ3) is 4.49. The van der Waals surface area contributed by atoms with Gasteiger partial charge in [-0.1, -0.05) is 23.2 Å². The minimum absolute atomic E-state index is 0.0242. The number of pyridine rings is 1. The molecule has 0 unspecified atom stereocenters. The largest absolute Gasteiger partial charge is 0.348 e. The molecule has 0 spiro atoms. The summed E-state index contributed by atoms with van der Waals surface area (Å²) in [5, 5.41) is 2.76. The van der Waals surface area contributed by atoms with E-state index in [0.29, 0.717) is 0 Å². The molecule has 0 bridgehead atoms. The zero-order valence-corrected chi connectivity index (χ0v) is 15.3. The van der Waals surface area contributed by atoms with Gasteiger partial charge in [-0.15, -0.1) is 0 Å². The van der Waals surface area contributed by atoms with E-state index in [0.717, 1.165) is 18.4 Å². The molecule has 0 aliphatic heterocycles. The van der Waals surface area contributed by atoms with Gasteiger partial charge in [0.25, 0.3) is 5.91 Å². The number of sulfonamides is 1. The molecule has 2 N–H and O–H groups in total. The quantitative estimate of drug-likeness (QED) is 0.781. The highest BCUT2D eigenvalue weighted by atomic mass is 35.5. The van der Waals surface area contributed by atoms with E-state index < -0.39 is 15.9 Å². The average molecular weight is 400 g/mol. The Bertz CT molecular complexity index is 900. The summed E-state index contributed by atoms with van der Waals surface area (Å²) in [5.74, 6) is -0.485. The number of carbonyl (C=O) groups excluding carboxylic acids is 1. The van der Waals surface area contributed by atoms with Gasteiger partial charge >= 0.3 is 0 Å². The number of halogens is 2. The molecule has 25 heavy (non-hydrogen) atoms. The van der Waals surface area contributed by atoms with Gasteiger partial charge in [0.2, 0.25) is 10.0 Å². The Labute approximate surface area is 155 Å². The van der Waals surface area contributed by atoms with Gasteiger partial charge in [0, 0.05) is 25.0 Å². The molecule has 1 heterocycles. The highest BCUT2D eigenvalue weighted by Gasteiger charge is 2.30. The first kappa shape index (κ1) is 18.1. The van der Waals surface area contributed by atoms with Crippen LogP contribution in [0.15, 0.2) is 41.6 Å². The molecule has 0 radical (unpaired) electrons. The van der Waals surface area contributed by atoms with Gasteiger partial charge in [0.1, 0.15) is 4.90 Å². The van der Waals surface area contributed by atoms with Crippen LogP contribution in [0.1, 0.15) is 28.8 Å². The molecule has 1 amide bonds. The van der Waals surface area contributed by atoms with Crippen LogP contribution >= 0.6 is 23.2 Å². The van der Waals surface area contributed by atoms with Gasteiger partial charge in [-0.25, -0.2) is 13.1 Å². The lowest BCUT2D eigenvalue weighted by Gasteiger charge is -2.12. The fourth-order valence-electron chi connectivity index (χ4n) is 2.17. The van der Waals surface area contributed by atoms with E-state index in [1.54, 1.807) is 24.5 Å². The van der Waals surface area contributed by atoms with Crippen molar-refractivity contribution < 1.29 is 13.2 Å². The van der Waals surface area contributed by atoms with Crippen molar-refractivity contribution in [1.29, 1.82) is 0 Å². The second-order valence-corrected chi connectivity index (χ2v) is 8.19. The molecular formula is C16H15Cl2N3O3S. The van der Waals surface area contributed by atoms with E-state index in [9.17, 15) is 13.2 Å². The standard InChI is InChI=1S/C16H15Cl2N3O3S/c17-13-8-14(18)15(25(23,24)21-11-1-2-11)7-12(13)16(22)20-9-10-3-5-19-6-4-10/h3-8,11,21H,1-2,9H2,(H,20,22).